The molecular formula is C20H30N3O2+. The van der Waals surface area contributed by atoms with E-state index in [1.54, 1.807) is 14.1 Å². The zero-order chi connectivity index (χ0) is 18.0. The van der Waals surface area contributed by atoms with Crippen molar-refractivity contribution in [2.24, 2.45) is 28.4 Å². The molecule has 1 unspecified atom stereocenters. The SMILES string of the molecule is C[C@]12CC[C@@H]3C4=C(CC[C@H]3[C@@H]1CCC2=O)CC(O)([N+](C)(C)N=N)C=C4. The fourth-order valence-electron chi connectivity index (χ4n) is 6.09. The van der Waals surface area contributed by atoms with Gasteiger partial charge in [0.2, 0.25) is 5.72 Å². The van der Waals surface area contributed by atoms with Crippen molar-refractivity contribution in [1.29, 1.82) is 5.53 Å². The number of allylic oxidation sites excluding steroid dienone is 2. The Kier molecular flexibility index (Phi) is 3.65. The zero-order valence-electron chi connectivity index (χ0n) is 15.6. The minimum atomic E-state index is -1.13. The van der Waals surface area contributed by atoms with E-state index in [-0.39, 0.29) is 10.0 Å². The van der Waals surface area contributed by atoms with E-state index in [0.717, 1.165) is 38.5 Å². The Labute approximate surface area is 149 Å². The molecule has 0 aromatic rings. The van der Waals surface area contributed by atoms with E-state index >= 15 is 0 Å². The molecule has 2 saturated carbocycles. The molecule has 5 heteroatoms. The number of ketones is 1. The maximum Gasteiger partial charge on any atom is 0.249 e. The number of quaternary nitrogens is 1. The van der Waals surface area contributed by atoms with Crippen molar-refractivity contribution in [3.05, 3.63) is 23.3 Å². The molecule has 5 atom stereocenters. The minimum Gasteiger partial charge on any atom is -0.337 e. The summed E-state index contributed by atoms with van der Waals surface area (Å²) >= 11 is 0. The van der Waals surface area contributed by atoms with Crippen molar-refractivity contribution in [3.8, 4) is 0 Å². The van der Waals surface area contributed by atoms with Crippen LogP contribution >= 0.6 is 0 Å². The van der Waals surface area contributed by atoms with Gasteiger partial charge in [0.05, 0.1) is 20.5 Å². The summed E-state index contributed by atoms with van der Waals surface area (Å²) in [5.74, 6) is 2.18. The standard InChI is InChI=1S/C20H30N3O2/c1-19-10-8-15-14-9-11-20(25,23(2,3)22-21)12-13(14)4-5-16(15)17(19)6-7-18(19)24/h9,11,15-17,21,25H,4-8,10,12H2,1-3H3/q+1/t15-,16-,17+,19+,20?/m1/s1. The highest BCUT2D eigenvalue weighted by Crippen LogP contribution is 2.59. The van der Waals surface area contributed by atoms with Crippen molar-refractivity contribution in [1.82, 2.24) is 0 Å². The van der Waals surface area contributed by atoms with Crippen LogP contribution in [0, 0.1) is 28.7 Å². The zero-order valence-corrected chi connectivity index (χ0v) is 15.6. The topological polar surface area (TPSA) is 73.5 Å². The van der Waals surface area contributed by atoms with Gasteiger partial charge in [0, 0.05) is 23.1 Å². The summed E-state index contributed by atoms with van der Waals surface area (Å²) in [6, 6.07) is 0. The van der Waals surface area contributed by atoms with E-state index < -0.39 is 5.72 Å². The number of hydrogen-bond acceptors (Lipinski definition) is 4. The number of carbonyl (C=O) groups is 1. The Morgan fingerprint density at radius 1 is 1.28 bits per heavy atom. The monoisotopic (exact) mass is 344 g/mol. The van der Waals surface area contributed by atoms with Crippen molar-refractivity contribution in [3.63, 3.8) is 0 Å². The van der Waals surface area contributed by atoms with E-state index in [0.29, 0.717) is 30.0 Å². The van der Waals surface area contributed by atoms with E-state index in [4.69, 9.17) is 5.53 Å². The van der Waals surface area contributed by atoms with Crippen LogP contribution in [0.1, 0.15) is 51.9 Å². The predicted octanol–water partition coefficient (Wildman–Crippen LogP) is 3.76. The molecule has 136 valence electrons. The number of Topliss-reactive ketones (excluding diaryl/α,β-unsaturated/α-hetero) is 1. The Balaban J connectivity index is 1.63. The number of nitrogens with one attached hydrogen (secondary N) is 1. The second-order valence-electron chi connectivity index (χ2n) is 9.28. The Morgan fingerprint density at radius 3 is 2.76 bits per heavy atom. The first-order chi connectivity index (χ1) is 11.7. The van der Waals surface area contributed by atoms with Crippen LogP contribution in [0.2, 0.25) is 0 Å². The fourth-order valence-corrected chi connectivity index (χ4v) is 6.09. The number of hydrogen-bond donors (Lipinski definition) is 2. The number of fused-ring (bicyclic) bond motifs is 4. The molecule has 0 bridgehead atoms. The average Bonchev–Trinajstić information content (AvgIpc) is 2.89. The Morgan fingerprint density at radius 2 is 2.04 bits per heavy atom. The molecule has 4 aliphatic rings. The lowest BCUT2D eigenvalue weighted by Gasteiger charge is -2.50. The van der Waals surface area contributed by atoms with Gasteiger partial charge in [-0.05, 0) is 55.4 Å². The van der Waals surface area contributed by atoms with Gasteiger partial charge in [0.1, 0.15) is 5.78 Å². The largest absolute Gasteiger partial charge is 0.337 e. The lowest BCUT2D eigenvalue weighted by atomic mass is 9.55. The second kappa shape index (κ2) is 5.34. The van der Waals surface area contributed by atoms with Gasteiger partial charge in [-0.15, -0.1) is 0 Å². The number of likely N-dealkylation sites (N-methyl/N-ethyl adjacent to an activating group) is 1. The van der Waals surface area contributed by atoms with Crippen molar-refractivity contribution < 1.29 is 14.5 Å². The molecule has 4 aliphatic carbocycles. The molecule has 0 heterocycles. The number of nitrogens with zero attached hydrogens (tertiary/aromatic N) is 2. The molecule has 0 aromatic carbocycles. The molecule has 0 saturated heterocycles. The molecule has 5 nitrogen and oxygen atoms in total. The normalized spacial score (nSPS) is 43.5. The molecule has 0 spiro atoms. The summed E-state index contributed by atoms with van der Waals surface area (Å²) in [4.78, 5) is 12.4. The highest BCUT2D eigenvalue weighted by Gasteiger charge is 2.56. The highest BCUT2D eigenvalue weighted by molar-refractivity contribution is 5.87. The molecule has 2 fully saturated rings. The smallest absolute Gasteiger partial charge is 0.249 e. The van der Waals surface area contributed by atoms with Gasteiger partial charge >= 0.3 is 0 Å². The lowest BCUT2D eigenvalue weighted by molar-refractivity contribution is -0.970. The van der Waals surface area contributed by atoms with Crippen LogP contribution in [-0.4, -0.2) is 35.3 Å². The van der Waals surface area contributed by atoms with E-state index in [2.05, 4.69) is 18.2 Å². The maximum atomic E-state index is 12.4. The third-order valence-corrected chi connectivity index (χ3v) is 7.93. The number of carbonyl (C=O) groups excluding carboxylic acids is 1. The molecular weight excluding hydrogens is 314 g/mol. The Hall–Kier alpha value is -1.33. The maximum absolute atomic E-state index is 12.4. The van der Waals surface area contributed by atoms with E-state index in [1.807, 2.05) is 6.08 Å². The fraction of sp³-hybridized carbons (Fsp3) is 0.750. The second-order valence-corrected chi connectivity index (χ2v) is 9.28. The van der Waals surface area contributed by atoms with Crippen molar-refractivity contribution in [2.75, 3.05) is 14.1 Å². The molecule has 0 aromatic heterocycles. The first kappa shape index (κ1) is 17.1. The first-order valence-corrected chi connectivity index (χ1v) is 9.62. The van der Waals surface area contributed by atoms with Gasteiger partial charge in [-0.2, -0.15) is 10.1 Å². The van der Waals surface area contributed by atoms with Gasteiger partial charge in [-0.3, -0.25) is 4.79 Å². The van der Waals surface area contributed by atoms with Crippen LogP contribution in [0.15, 0.2) is 28.5 Å². The highest BCUT2D eigenvalue weighted by atomic mass is 16.3. The Bertz CT molecular complexity index is 695. The third kappa shape index (κ3) is 2.25. The molecule has 2 N–H and O–H groups in total. The lowest BCUT2D eigenvalue weighted by Crippen LogP contribution is -2.56. The molecule has 0 amide bonds. The average molecular weight is 344 g/mol. The van der Waals surface area contributed by atoms with E-state index in [1.165, 1.54) is 11.1 Å². The van der Waals surface area contributed by atoms with Gasteiger partial charge < -0.3 is 5.11 Å². The van der Waals surface area contributed by atoms with Crippen LogP contribution in [0.5, 0.6) is 0 Å². The number of rotatable bonds is 2. The summed E-state index contributed by atoms with van der Waals surface area (Å²) in [5, 5.41) is 14.7. The first-order valence-electron chi connectivity index (χ1n) is 9.62. The quantitative estimate of drug-likeness (QED) is 0.346. The predicted molar refractivity (Wildman–Crippen MR) is 94.3 cm³/mol. The summed E-state index contributed by atoms with van der Waals surface area (Å²) in [5.41, 5.74) is 8.97. The minimum absolute atomic E-state index is 0.0820. The van der Waals surface area contributed by atoms with Gasteiger partial charge in [-0.25, -0.2) is 0 Å². The summed E-state index contributed by atoms with van der Waals surface area (Å²) < 4.78 is -0.0937. The molecule has 25 heavy (non-hydrogen) atoms. The van der Waals surface area contributed by atoms with E-state index in [9.17, 15) is 9.90 Å². The van der Waals surface area contributed by atoms with Gasteiger partial charge in [0.25, 0.3) is 0 Å². The van der Waals surface area contributed by atoms with Crippen LogP contribution in [0.25, 0.3) is 0 Å². The van der Waals surface area contributed by atoms with Gasteiger partial charge in [0.15, 0.2) is 0 Å². The van der Waals surface area contributed by atoms with Gasteiger partial charge in [-0.1, -0.05) is 18.6 Å². The molecule has 0 aliphatic heterocycles. The third-order valence-electron chi connectivity index (χ3n) is 7.93. The molecule has 0 radical (unpaired) electrons. The summed E-state index contributed by atoms with van der Waals surface area (Å²) in [6.07, 6.45) is 10.6. The van der Waals surface area contributed by atoms with Crippen molar-refractivity contribution >= 4 is 5.78 Å². The molecule has 4 rings (SSSR count). The van der Waals surface area contributed by atoms with Crippen LogP contribution in [0.4, 0.5) is 0 Å². The number of aliphatic hydroxyl groups is 1. The van der Waals surface area contributed by atoms with Crippen LogP contribution in [-0.2, 0) is 4.79 Å². The van der Waals surface area contributed by atoms with Crippen LogP contribution in [0.3, 0.4) is 0 Å². The summed E-state index contributed by atoms with van der Waals surface area (Å²) in [6.45, 7) is 2.21. The van der Waals surface area contributed by atoms with Crippen molar-refractivity contribution in [2.45, 2.75) is 57.6 Å². The summed E-state index contributed by atoms with van der Waals surface area (Å²) in [7, 11) is 3.54. The van der Waals surface area contributed by atoms with Crippen LogP contribution < -0.4 is 0 Å².